The average Bonchev–Trinajstić information content (AvgIpc) is 3.39. The summed E-state index contributed by atoms with van der Waals surface area (Å²) in [5.74, 6) is 0.946. The van der Waals surface area contributed by atoms with E-state index >= 15 is 0 Å². The van der Waals surface area contributed by atoms with Gasteiger partial charge in [-0.15, -0.1) is 0 Å². The van der Waals surface area contributed by atoms with Crippen LogP contribution in [0.3, 0.4) is 0 Å². The summed E-state index contributed by atoms with van der Waals surface area (Å²) in [6.07, 6.45) is 0.523. The lowest BCUT2D eigenvalue weighted by molar-refractivity contribution is 0.0729. The molecule has 1 aliphatic carbocycles. The van der Waals surface area contributed by atoms with E-state index in [2.05, 4.69) is 0 Å². The molecule has 0 bridgehead atoms. The second kappa shape index (κ2) is 9.69. The van der Waals surface area contributed by atoms with Crippen molar-refractivity contribution in [1.82, 2.24) is 0 Å². The van der Waals surface area contributed by atoms with Crippen LogP contribution in [0.15, 0.2) is 42.5 Å². The van der Waals surface area contributed by atoms with Crippen LogP contribution in [0, 0.1) is 11.8 Å². The monoisotopic (exact) mass is 504 g/mol. The van der Waals surface area contributed by atoms with Gasteiger partial charge in [0.15, 0.2) is 28.8 Å². The third-order valence-corrected chi connectivity index (χ3v) is 7.06. The number of esters is 1. The Morgan fingerprint density at radius 1 is 0.892 bits per heavy atom. The maximum Gasteiger partial charge on any atom is 0.343 e. The molecule has 0 saturated carbocycles. The number of rotatable bonds is 5. The van der Waals surface area contributed by atoms with Crippen LogP contribution in [0.5, 0.6) is 34.5 Å². The first-order valence-corrected chi connectivity index (χ1v) is 12.0. The fraction of sp³-hybridized carbons (Fsp3) is 0.310. The first kappa shape index (κ1) is 24.5. The predicted molar refractivity (Wildman–Crippen MR) is 135 cm³/mol. The van der Waals surface area contributed by atoms with Crippen molar-refractivity contribution in [2.24, 2.45) is 11.8 Å². The lowest BCUT2D eigenvalue weighted by atomic mass is 9.77. The lowest BCUT2D eigenvalue weighted by Crippen LogP contribution is -2.24. The van der Waals surface area contributed by atoms with Crippen molar-refractivity contribution in [3.05, 3.63) is 59.2 Å². The van der Waals surface area contributed by atoms with Gasteiger partial charge in [0.1, 0.15) is 0 Å². The zero-order valence-corrected chi connectivity index (χ0v) is 21.4. The Balaban J connectivity index is 1.87. The molecule has 0 aromatic heterocycles. The maximum absolute atomic E-state index is 13.8. The van der Waals surface area contributed by atoms with Crippen LogP contribution in [0.4, 0.5) is 0 Å². The van der Waals surface area contributed by atoms with Crippen molar-refractivity contribution >= 4 is 11.8 Å². The summed E-state index contributed by atoms with van der Waals surface area (Å²) in [6.45, 7) is 3.94. The molecule has 2 aliphatic rings. The van der Waals surface area contributed by atoms with E-state index in [9.17, 15) is 9.59 Å². The van der Waals surface area contributed by atoms with Crippen LogP contribution in [0.1, 0.15) is 40.1 Å². The van der Waals surface area contributed by atoms with Gasteiger partial charge >= 0.3 is 5.97 Å². The van der Waals surface area contributed by atoms with Gasteiger partial charge in [-0.1, -0.05) is 32.0 Å². The molecule has 1 aliphatic heterocycles. The predicted octanol–water partition coefficient (Wildman–Crippen LogP) is 5.34. The zero-order valence-electron chi connectivity index (χ0n) is 21.4. The number of ketones is 1. The van der Waals surface area contributed by atoms with Gasteiger partial charge in [0, 0.05) is 22.6 Å². The molecule has 1 heterocycles. The normalized spacial score (nSPS) is 17.7. The Bertz CT molecular complexity index is 1380. The molecule has 0 saturated heterocycles. The van der Waals surface area contributed by atoms with Crippen LogP contribution >= 0.6 is 0 Å². The number of hydrogen-bond acceptors (Lipinski definition) is 8. The summed E-state index contributed by atoms with van der Waals surface area (Å²) in [5.41, 5.74) is 2.55. The SMILES string of the molecule is COc1cc2c(c(OC(=O)c3ccccc3)c1OC)-c1c(cc3c(c1OC)OCO3)C(=O)[C@H](C)[C@H](C)C2. The van der Waals surface area contributed by atoms with Gasteiger partial charge < -0.3 is 28.4 Å². The summed E-state index contributed by atoms with van der Waals surface area (Å²) >= 11 is 0. The Morgan fingerprint density at radius 2 is 1.62 bits per heavy atom. The number of Topliss-reactive ketones (excluding diaryl/α,β-unsaturated/α-hetero) is 1. The fourth-order valence-corrected chi connectivity index (χ4v) is 4.95. The molecular weight excluding hydrogens is 476 g/mol. The quantitative estimate of drug-likeness (QED) is 0.340. The van der Waals surface area contributed by atoms with E-state index in [1.807, 2.05) is 26.0 Å². The van der Waals surface area contributed by atoms with Gasteiger partial charge in [-0.25, -0.2) is 4.79 Å². The number of hydrogen-bond donors (Lipinski definition) is 0. The third-order valence-electron chi connectivity index (χ3n) is 7.06. The summed E-state index contributed by atoms with van der Waals surface area (Å²) in [4.78, 5) is 27.1. The van der Waals surface area contributed by atoms with Crippen molar-refractivity contribution < 1.29 is 38.0 Å². The van der Waals surface area contributed by atoms with Gasteiger partial charge in [0.25, 0.3) is 0 Å². The van der Waals surface area contributed by atoms with E-state index in [4.69, 9.17) is 28.4 Å². The maximum atomic E-state index is 13.8. The smallest absolute Gasteiger partial charge is 0.343 e. The molecule has 0 radical (unpaired) electrons. The molecular formula is C29H28O8. The highest BCUT2D eigenvalue weighted by Gasteiger charge is 2.38. The van der Waals surface area contributed by atoms with E-state index in [1.54, 1.807) is 30.3 Å². The molecule has 8 nitrogen and oxygen atoms in total. The topological polar surface area (TPSA) is 89.5 Å². The molecule has 3 aromatic carbocycles. The van der Waals surface area contributed by atoms with E-state index in [1.165, 1.54) is 21.3 Å². The molecule has 0 unspecified atom stereocenters. The summed E-state index contributed by atoms with van der Waals surface area (Å²) < 4.78 is 34.6. The Morgan fingerprint density at radius 3 is 2.30 bits per heavy atom. The van der Waals surface area contributed by atoms with Crippen molar-refractivity contribution in [3.63, 3.8) is 0 Å². The molecule has 0 amide bonds. The van der Waals surface area contributed by atoms with Crippen molar-refractivity contribution in [3.8, 4) is 45.6 Å². The second-order valence-corrected chi connectivity index (χ2v) is 9.13. The van der Waals surface area contributed by atoms with E-state index in [-0.39, 0.29) is 35.9 Å². The molecule has 0 N–H and O–H groups in total. The van der Waals surface area contributed by atoms with Crippen LogP contribution < -0.4 is 28.4 Å². The van der Waals surface area contributed by atoms with Crippen LogP contribution in [-0.4, -0.2) is 39.9 Å². The minimum Gasteiger partial charge on any atom is -0.493 e. The largest absolute Gasteiger partial charge is 0.493 e. The van der Waals surface area contributed by atoms with Crippen LogP contribution in [0.25, 0.3) is 11.1 Å². The standard InChI is InChI=1S/C29H28O8/c1-15-11-18-12-20(32-3)25(33-4)28(37-29(31)17-9-7-6-8-10-17)22(18)23-19(24(30)16(15)2)13-21-26(27(23)34-5)36-14-35-21/h6-10,12-13,15-16H,11,14H2,1-5H3/t15-,16-/m1/s1. The first-order valence-electron chi connectivity index (χ1n) is 12.0. The number of fused-ring (bicyclic) bond motifs is 4. The molecule has 5 rings (SSSR count). The highest BCUT2D eigenvalue weighted by molar-refractivity contribution is 6.08. The highest BCUT2D eigenvalue weighted by atomic mass is 16.7. The first-order chi connectivity index (χ1) is 17.9. The van der Waals surface area contributed by atoms with Crippen LogP contribution in [-0.2, 0) is 6.42 Å². The average molecular weight is 505 g/mol. The summed E-state index contributed by atoms with van der Waals surface area (Å²) in [6, 6.07) is 12.2. The van der Waals surface area contributed by atoms with Gasteiger partial charge in [-0.05, 0) is 42.2 Å². The molecule has 0 fully saturated rings. The third kappa shape index (κ3) is 4.02. The fourth-order valence-electron chi connectivity index (χ4n) is 4.95. The number of carbonyl (C=O) groups excluding carboxylic acids is 2. The Hall–Kier alpha value is -4.20. The second-order valence-electron chi connectivity index (χ2n) is 9.13. The number of benzene rings is 3. The molecule has 3 aromatic rings. The molecule has 0 spiro atoms. The van der Waals surface area contributed by atoms with E-state index in [0.29, 0.717) is 51.7 Å². The van der Waals surface area contributed by atoms with Crippen molar-refractivity contribution in [2.45, 2.75) is 20.3 Å². The van der Waals surface area contributed by atoms with Gasteiger partial charge in [0.2, 0.25) is 18.3 Å². The lowest BCUT2D eigenvalue weighted by Gasteiger charge is -2.29. The molecule has 37 heavy (non-hydrogen) atoms. The number of methoxy groups -OCH3 is 3. The minimum absolute atomic E-state index is 0.00335. The Kier molecular flexibility index (Phi) is 6.41. The highest BCUT2D eigenvalue weighted by Crippen LogP contribution is 2.56. The van der Waals surface area contributed by atoms with Gasteiger partial charge in [0.05, 0.1) is 26.9 Å². The van der Waals surface area contributed by atoms with Crippen molar-refractivity contribution in [2.75, 3.05) is 28.1 Å². The minimum atomic E-state index is -0.578. The van der Waals surface area contributed by atoms with Gasteiger partial charge in [-0.2, -0.15) is 0 Å². The van der Waals surface area contributed by atoms with E-state index in [0.717, 1.165) is 5.56 Å². The van der Waals surface area contributed by atoms with Crippen LogP contribution in [0.2, 0.25) is 0 Å². The number of ether oxygens (including phenoxy) is 6. The summed E-state index contributed by atoms with van der Waals surface area (Å²) in [7, 11) is 4.50. The molecule has 2 atom stereocenters. The number of carbonyl (C=O) groups is 2. The van der Waals surface area contributed by atoms with Gasteiger partial charge in [-0.3, -0.25) is 4.79 Å². The molecule has 192 valence electrons. The zero-order chi connectivity index (χ0) is 26.3. The Labute approximate surface area is 215 Å². The molecule has 8 heteroatoms. The van der Waals surface area contributed by atoms with E-state index < -0.39 is 5.97 Å². The van der Waals surface area contributed by atoms with Crippen molar-refractivity contribution in [1.29, 1.82) is 0 Å². The summed E-state index contributed by atoms with van der Waals surface area (Å²) in [5, 5.41) is 0.